The number of hydrogen-bond donors (Lipinski definition) is 3. The lowest BCUT2D eigenvalue weighted by Gasteiger charge is -2.28. The van der Waals surface area contributed by atoms with E-state index in [0.29, 0.717) is 5.92 Å². The molecule has 0 bridgehead atoms. The molecule has 1 fully saturated rings. The minimum atomic E-state index is -0.0401. The summed E-state index contributed by atoms with van der Waals surface area (Å²) in [6.07, 6.45) is 5.71. The quantitative estimate of drug-likeness (QED) is 0.572. The summed E-state index contributed by atoms with van der Waals surface area (Å²) in [5.74, 6) is 0.663. The summed E-state index contributed by atoms with van der Waals surface area (Å²) < 4.78 is 0. The fourth-order valence-corrected chi connectivity index (χ4v) is 2.84. The second-order valence-corrected chi connectivity index (χ2v) is 5.33. The van der Waals surface area contributed by atoms with Gasteiger partial charge in [-0.05, 0) is 30.7 Å². The van der Waals surface area contributed by atoms with Gasteiger partial charge < -0.3 is 17.2 Å². The standard InChI is InChI=1S/C15H23N5/c16-14(17)20-15(18)19-13-9-5-4-8-12(13)10-11-6-2-1-3-7-11/h1-3,6-7,12-13H,4-5,8-10H2,(H6,16,17,18,19,20). The van der Waals surface area contributed by atoms with E-state index < -0.39 is 0 Å². The summed E-state index contributed by atoms with van der Waals surface area (Å²) in [4.78, 5) is 8.31. The number of hydrogen-bond acceptors (Lipinski definition) is 1. The van der Waals surface area contributed by atoms with Crippen LogP contribution >= 0.6 is 0 Å². The third-order valence-corrected chi connectivity index (χ3v) is 3.75. The van der Waals surface area contributed by atoms with Gasteiger partial charge in [0, 0.05) is 0 Å². The summed E-state index contributed by atoms with van der Waals surface area (Å²) in [7, 11) is 0. The molecule has 1 aliphatic rings. The predicted molar refractivity (Wildman–Crippen MR) is 83.3 cm³/mol. The van der Waals surface area contributed by atoms with E-state index in [1.165, 1.54) is 24.8 Å². The van der Waals surface area contributed by atoms with E-state index >= 15 is 0 Å². The van der Waals surface area contributed by atoms with Crippen molar-refractivity contribution in [3.8, 4) is 0 Å². The van der Waals surface area contributed by atoms with Gasteiger partial charge in [0.2, 0.25) is 5.96 Å². The molecular formula is C15H23N5. The van der Waals surface area contributed by atoms with Crippen LogP contribution in [0.1, 0.15) is 31.2 Å². The first-order chi connectivity index (χ1) is 9.65. The van der Waals surface area contributed by atoms with E-state index in [-0.39, 0.29) is 18.0 Å². The van der Waals surface area contributed by atoms with Gasteiger partial charge in [0.05, 0.1) is 6.04 Å². The first-order valence-electron chi connectivity index (χ1n) is 7.12. The zero-order chi connectivity index (χ0) is 14.4. The summed E-state index contributed by atoms with van der Waals surface area (Å²) in [5.41, 5.74) is 17.8. The van der Waals surface area contributed by atoms with Crippen LogP contribution in [-0.2, 0) is 6.42 Å². The third-order valence-electron chi connectivity index (χ3n) is 3.75. The van der Waals surface area contributed by atoms with Gasteiger partial charge in [-0.25, -0.2) is 4.99 Å². The van der Waals surface area contributed by atoms with Gasteiger partial charge >= 0.3 is 0 Å². The van der Waals surface area contributed by atoms with Crippen molar-refractivity contribution in [1.82, 2.24) is 0 Å². The van der Waals surface area contributed by atoms with E-state index in [4.69, 9.17) is 17.2 Å². The molecule has 5 heteroatoms. The molecule has 1 aromatic rings. The lowest BCUT2D eigenvalue weighted by molar-refractivity contribution is 0.308. The highest BCUT2D eigenvalue weighted by atomic mass is 15.1. The lowest BCUT2D eigenvalue weighted by Crippen LogP contribution is -2.30. The van der Waals surface area contributed by atoms with E-state index in [1.807, 2.05) is 6.07 Å². The maximum absolute atomic E-state index is 5.76. The van der Waals surface area contributed by atoms with Crippen molar-refractivity contribution in [2.24, 2.45) is 33.1 Å². The Morgan fingerprint density at radius 1 is 1.05 bits per heavy atom. The van der Waals surface area contributed by atoms with E-state index in [9.17, 15) is 0 Å². The number of aliphatic imine (C=N–C) groups is 2. The first kappa shape index (κ1) is 14.4. The highest BCUT2D eigenvalue weighted by Gasteiger charge is 2.25. The lowest BCUT2D eigenvalue weighted by atomic mass is 9.81. The Morgan fingerprint density at radius 2 is 1.75 bits per heavy atom. The Hall–Kier alpha value is -2.04. The topological polar surface area (TPSA) is 103 Å². The molecule has 0 amide bonds. The van der Waals surface area contributed by atoms with E-state index in [2.05, 4.69) is 34.3 Å². The molecule has 0 aromatic heterocycles. The number of benzene rings is 1. The molecule has 0 radical (unpaired) electrons. The van der Waals surface area contributed by atoms with Crippen LogP contribution in [0.3, 0.4) is 0 Å². The van der Waals surface area contributed by atoms with Crippen LogP contribution < -0.4 is 17.2 Å². The van der Waals surface area contributed by atoms with E-state index in [1.54, 1.807) is 0 Å². The van der Waals surface area contributed by atoms with Gasteiger partial charge in [0.1, 0.15) is 0 Å². The van der Waals surface area contributed by atoms with Crippen LogP contribution in [0.15, 0.2) is 40.3 Å². The second kappa shape index (κ2) is 6.93. The predicted octanol–water partition coefficient (Wildman–Crippen LogP) is 1.38. The number of rotatable bonds is 3. The van der Waals surface area contributed by atoms with Crippen molar-refractivity contribution in [2.45, 2.75) is 38.1 Å². The zero-order valence-corrected chi connectivity index (χ0v) is 11.7. The van der Waals surface area contributed by atoms with Gasteiger partial charge in [0.15, 0.2) is 5.96 Å². The molecule has 1 aromatic carbocycles. The molecule has 0 saturated heterocycles. The van der Waals surface area contributed by atoms with E-state index in [0.717, 1.165) is 12.8 Å². The average molecular weight is 273 g/mol. The second-order valence-electron chi connectivity index (χ2n) is 5.33. The molecule has 108 valence electrons. The Bertz CT molecular complexity index is 476. The molecule has 1 aliphatic carbocycles. The normalized spacial score (nSPS) is 23.3. The molecule has 1 saturated carbocycles. The van der Waals surface area contributed by atoms with Crippen LogP contribution in [0, 0.1) is 5.92 Å². The Labute approximate surface area is 120 Å². The highest BCUT2D eigenvalue weighted by molar-refractivity contribution is 5.92. The zero-order valence-electron chi connectivity index (χ0n) is 11.7. The Balaban J connectivity index is 2.07. The number of nitrogens with zero attached hydrogens (tertiary/aromatic N) is 2. The maximum atomic E-state index is 5.76. The summed E-state index contributed by atoms with van der Waals surface area (Å²) >= 11 is 0. The largest absolute Gasteiger partial charge is 0.370 e. The van der Waals surface area contributed by atoms with Gasteiger partial charge in [0.25, 0.3) is 0 Å². The molecule has 0 heterocycles. The fourth-order valence-electron chi connectivity index (χ4n) is 2.84. The van der Waals surface area contributed by atoms with Crippen molar-refractivity contribution >= 4 is 11.9 Å². The molecule has 2 rings (SSSR count). The smallest absolute Gasteiger partial charge is 0.218 e. The minimum absolute atomic E-state index is 0.0401. The molecule has 20 heavy (non-hydrogen) atoms. The monoisotopic (exact) mass is 273 g/mol. The average Bonchev–Trinajstić information content (AvgIpc) is 2.41. The van der Waals surface area contributed by atoms with Gasteiger partial charge in [-0.3, -0.25) is 0 Å². The maximum Gasteiger partial charge on any atom is 0.218 e. The minimum Gasteiger partial charge on any atom is -0.370 e. The number of nitrogens with two attached hydrogens (primary N) is 3. The molecule has 2 unspecified atom stereocenters. The van der Waals surface area contributed by atoms with Crippen LogP contribution in [0.5, 0.6) is 0 Å². The highest BCUT2D eigenvalue weighted by Crippen LogP contribution is 2.29. The van der Waals surface area contributed by atoms with Crippen molar-refractivity contribution in [2.75, 3.05) is 0 Å². The Morgan fingerprint density at radius 3 is 2.45 bits per heavy atom. The SMILES string of the molecule is NC(N)=NC(N)=NC1CCCCC1Cc1ccccc1. The fraction of sp³-hybridized carbons (Fsp3) is 0.467. The van der Waals surface area contributed by atoms with Gasteiger partial charge in [-0.15, -0.1) is 0 Å². The first-order valence-corrected chi connectivity index (χ1v) is 7.12. The van der Waals surface area contributed by atoms with Crippen LogP contribution in [0.2, 0.25) is 0 Å². The summed E-state index contributed by atoms with van der Waals surface area (Å²) in [6.45, 7) is 0. The summed E-state index contributed by atoms with van der Waals surface area (Å²) in [5, 5.41) is 0. The molecule has 2 atom stereocenters. The van der Waals surface area contributed by atoms with Gasteiger partial charge in [-0.1, -0.05) is 43.2 Å². The third kappa shape index (κ3) is 4.26. The molecule has 5 nitrogen and oxygen atoms in total. The molecule has 0 aliphatic heterocycles. The van der Waals surface area contributed by atoms with Crippen molar-refractivity contribution in [1.29, 1.82) is 0 Å². The van der Waals surface area contributed by atoms with Gasteiger partial charge in [-0.2, -0.15) is 4.99 Å². The molecule has 6 N–H and O–H groups in total. The summed E-state index contributed by atoms with van der Waals surface area (Å²) in [6, 6.07) is 10.7. The van der Waals surface area contributed by atoms with Crippen LogP contribution in [-0.4, -0.2) is 18.0 Å². The van der Waals surface area contributed by atoms with Crippen LogP contribution in [0.25, 0.3) is 0 Å². The van der Waals surface area contributed by atoms with Crippen molar-refractivity contribution < 1.29 is 0 Å². The molecule has 0 spiro atoms. The number of guanidine groups is 2. The van der Waals surface area contributed by atoms with Crippen LogP contribution in [0.4, 0.5) is 0 Å². The Kier molecular flexibility index (Phi) is 4.98. The molecular weight excluding hydrogens is 250 g/mol. The van der Waals surface area contributed by atoms with Crippen molar-refractivity contribution in [3.05, 3.63) is 35.9 Å². The van der Waals surface area contributed by atoms with Crippen molar-refractivity contribution in [3.63, 3.8) is 0 Å².